The average Bonchev–Trinajstić information content (AvgIpc) is 3.50. The molecule has 6 aromatic carbocycles. The van der Waals surface area contributed by atoms with Gasteiger partial charge in [-0.3, -0.25) is 0 Å². The van der Waals surface area contributed by atoms with Gasteiger partial charge in [0.1, 0.15) is 4.83 Å². The standard InChI is InChI=1S/C42H25N3S/c1-3-10-25(11-4-1)35-23-37-34-19-9-18-31-30-17-8-16-29(39(30)45-40(31)34)27-14-7-15-28(22-27)46-38-24-36(26-12-5-2-6-13-26)33-21-20-32(35)41(43-37)42(33)44-38/h1-24,45H. The number of para-hydroxylation sites is 2. The fourth-order valence-corrected chi connectivity index (χ4v) is 7.99. The minimum Gasteiger partial charge on any atom is -0.353 e. The van der Waals surface area contributed by atoms with E-state index in [1.165, 1.54) is 21.5 Å². The summed E-state index contributed by atoms with van der Waals surface area (Å²) in [5.41, 5.74) is 9.60. The summed E-state index contributed by atoms with van der Waals surface area (Å²) in [7, 11) is 0. The molecule has 0 aliphatic rings. The number of H-pyrrole nitrogens is 1. The summed E-state index contributed by atoms with van der Waals surface area (Å²) in [6, 6.07) is 52.2. The van der Waals surface area contributed by atoms with Crippen molar-refractivity contribution in [2.24, 2.45) is 0 Å². The molecule has 0 saturated heterocycles. The van der Waals surface area contributed by atoms with Crippen LogP contribution in [0.25, 0.3) is 97.1 Å². The van der Waals surface area contributed by atoms with Crippen molar-refractivity contribution in [2.45, 2.75) is 0 Å². The van der Waals surface area contributed by atoms with E-state index in [1.807, 2.05) is 0 Å². The van der Waals surface area contributed by atoms with E-state index in [2.05, 4.69) is 151 Å². The molecule has 214 valence electrons. The van der Waals surface area contributed by atoms with Crippen molar-refractivity contribution in [1.29, 1.82) is 0 Å². The molecule has 0 aliphatic heterocycles. The summed E-state index contributed by atoms with van der Waals surface area (Å²) in [5, 5.41) is 8.03. The first-order valence-corrected chi connectivity index (χ1v) is 16.3. The van der Waals surface area contributed by atoms with Gasteiger partial charge in [0.15, 0.2) is 0 Å². The Bertz CT molecular complexity index is 2850. The molecular weight excluding hydrogens is 579 g/mol. The van der Waals surface area contributed by atoms with Crippen LogP contribution in [0.1, 0.15) is 0 Å². The lowest BCUT2D eigenvalue weighted by Crippen LogP contribution is -1.92. The summed E-state index contributed by atoms with van der Waals surface area (Å²) < 4.78 is 1.14. The molecule has 1 N–H and O–H groups in total. The number of aromatic amines is 1. The van der Waals surface area contributed by atoms with Gasteiger partial charge in [0.05, 0.1) is 27.6 Å². The van der Waals surface area contributed by atoms with E-state index in [0.717, 1.165) is 75.5 Å². The highest BCUT2D eigenvalue weighted by Gasteiger charge is 2.16. The molecule has 4 heteroatoms. The molecule has 0 unspecified atom stereocenters. The Kier molecular flexibility index (Phi) is 5.45. The van der Waals surface area contributed by atoms with Gasteiger partial charge in [0.25, 0.3) is 0 Å². The van der Waals surface area contributed by atoms with Gasteiger partial charge in [0, 0.05) is 37.0 Å². The van der Waals surface area contributed by atoms with Crippen molar-refractivity contribution in [3.05, 3.63) is 146 Å². The van der Waals surface area contributed by atoms with Crippen LogP contribution in [0.2, 0.25) is 0 Å². The van der Waals surface area contributed by atoms with Gasteiger partial charge in [-0.1, -0.05) is 121 Å². The second-order valence-corrected chi connectivity index (χ2v) is 13.0. The van der Waals surface area contributed by atoms with E-state index in [9.17, 15) is 0 Å². The zero-order chi connectivity index (χ0) is 30.2. The molecule has 46 heavy (non-hydrogen) atoms. The van der Waals surface area contributed by atoms with Crippen molar-refractivity contribution in [3.63, 3.8) is 0 Å². The van der Waals surface area contributed by atoms with Crippen LogP contribution in [-0.2, 0) is 0 Å². The molecule has 0 amide bonds. The molecule has 0 aliphatic carbocycles. The highest BCUT2D eigenvalue weighted by atomic mass is 32.1. The van der Waals surface area contributed by atoms with Crippen LogP contribution in [0.3, 0.4) is 0 Å². The van der Waals surface area contributed by atoms with Gasteiger partial charge < -0.3 is 4.98 Å². The third-order valence-electron chi connectivity index (χ3n) is 9.22. The molecule has 8 bridgehead atoms. The Balaban J connectivity index is 1.51. The number of pyridine rings is 2. The maximum atomic E-state index is 5.49. The summed E-state index contributed by atoms with van der Waals surface area (Å²) in [4.78, 5) is 15.7. The molecule has 0 radical (unpaired) electrons. The van der Waals surface area contributed by atoms with E-state index < -0.39 is 0 Å². The first-order valence-electron chi connectivity index (χ1n) is 15.5. The molecule has 10 aromatic rings. The molecule has 10 rings (SSSR count). The fraction of sp³-hybridized carbons (Fsp3) is 0. The molecule has 4 heterocycles. The molecule has 4 aromatic heterocycles. The normalized spacial score (nSPS) is 11.9. The molecular formula is C42H25N3S. The van der Waals surface area contributed by atoms with E-state index in [-0.39, 0.29) is 0 Å². The molecule has 3 nitrogen and oxygen atoms in total. The number of fused-ring (bicyclic) bond motifs is 7. The van der Waals surface area contributed by atoms with Gasteiger partial charge in [-0.25, -0.2) is 9.97 Å². The highest BCUT2D eigenvalue weighted by Crippen LogP contribution is 2.39. The number of rotatable bonds is 2. The van der Waals surface area contributed by atoms with Gasteiger partial charge in [-0.2, -0.15) is 0 Å². The van der Waals surface area contributed by atoms with Gasteiger partial charge in [-0.15, -0.1) is 11.3 Å². The SMILES string of the molecule is c1ccc(-c2cc3nc4c2ccc2c(-c5ccccc5)cc(nc24)c2cccc4c5cccc(c6cccc(c6)s3)c5[nH]c24)cc1. The van der Waals surface area contributed by atoms with Crippen LogP contribution in [0.5, 0.6) is 0 Å². The quantitative estimate of drug-likeness (QED) is 0.200. The number of nitrogens with zero attached hydrogens (tertiary/aromatic N) is 2. The summed E-state index contributed by atoms with van der Waals surface area (Å²) in [5.74, 6) is 0. The monoisotopic (exact) mass is 603 g/mol. The third kappa shape index (κ3) is 3.84. The second-order valence-electron chi connectivity index (χ2n) is 11.9. The fourth-order valence-electron chi connectivity index (χ4n) is 7.10. The first kappa shape index (κ1) is 25.5. The van der Waals surface area contributed by atoms with E-state index in [4.69, 9.17) is 9.97 Å². The summed E-state index contributed by atoms with van der Waals surface area (Å²) >= 11 is 1.70. The van der Waals surface area contributed by atoms with E-state index in [0.29, 0.717) is 0 Å². The predicted molar refractivity (Wildman–Crippen MR) is 196 cm³/mol. The number of hydrogen-bond acceptors (Lipinski definition) is 3. The number of benzene rings is 6. The topological polar surface area (TPSA) is 41.6 Å². The van der Waals surface area contributed by atoms with E-state index >= 15 is 0 Å². The van der Waals surface area contributed by atoms with Gasteiger partial charge in [-0.05, 0) is 51.9 Å². The van der Waals surface area contributed by atoms with Crippen LogP contribution < -0.4 is 0 Å². The van der Waals surface area contributed by atoms with Crippen LogP contribution in [0, 0.1) is 0 Å². The zero-order valence-electron chi connectivity index (χ0n) is 24.7. The highest BCUT2D eigenvalue weighted by molar-refractivity contribution is 7.22. The van der Waals surface area contributed by atoms with Crippen molar-refractivity contribution in [1.82, 2.24) is 15.0 Å². The second kappa shape index (κ2) is 9.83. The Labute approximate surface area is 268 Å². The Morgan fingerprint density at radius 1 is 0.435 bits per heavy atom. The minimum absolute atomic E-state index is 0.908. The van der Waals surface area contributed by atoms with Crippen LogP contribution in [0.15, 0.2) is 146 Å². The van der Waals surface area contributed by atoms with Gasteiger partial charge >= 0.3 is 0 Å². The number of nitrogens with one attached hydrogen (secondary N) is 1. The largest absolute Gasteiger partial charge is 0.353 e. The molecule has 0 atom stereocenters. The number of hydrogen-bond donors (Lipinski definition) is 1. The minimum atomic E-state index is 0.908. The van der Waals surface area contributed by atoms with Crippen LogP contribution in [-0.4, -0.2) is 15.0 Å². The van der Waals surface area contributed by atoms with Crippen molar-refractivity contribution < 1.29 is 0 Å². The molecule has 0 saturated carbocycles. The lowest BCUT2D eigenvalue weighted by atomic mass is 9.96. The van der Waals surface area contributed by atoms with Crippen molar-refractivity contribution in [3.8, 4) is 22.3 Å². The van der Waals surface area contributed by atoms with E-state index in [1.54, 1.807) is 11.3 Å². The van der Waals surface area contributed by atoms with Crippen molar-refractivity contribution >= 4 is 86.2 Å². The van der Waals surface area contributed by atoms with Gasteiger partial charge in [0.2, 0.25) is 0 Å². The lowest BCUT2D eigenvalue weighted by Gasteiger charge is -2.13. The Morgan fingerprint density at radius 3 is 1.74 bits per heavy atom. The molecule has 0 fully saturated rings. The first-order chi connectivity index (χ1) is 22.8. The van der Waals surface area contributed by atoms with Crippen LogP contribution >= 0.6 is 11.3 Å². The van der Waals surface area contributed by atoms with Crippen LogP contribution in [0.4, 0.5) is 0 Å². The predicted octanol–water partition coefficient (Wildman–Crippen LogP) is 11.8. The number of aromatic nitrogens is 3. The Morgan fingerprint density at radius 2 is 1.02 bits per heavy atom. The Hall–Kier alpha value is -5.84. The smallest absolute Gasteiger partial charge is 0.117 e. The zero-order valence-corrected chi connectivity index (χ0v) is 25.5. The average molecular weight is 604 g/mol. The maximum Gasteiger partial charge on any atom is 0.117 e. The third-order valence-corrected chi connectivity index (χ3v) is 10.1. The summed E-state index contributed by atoms with van der Waals surface area (Å²) in [6.45, 7) is 0. The van der Waals surface area contributed by atoms with Crippen molar-refractivity contribution in [2.75, 3.05) is 0 Å². The lowest BCUT2D eigenvalue weighted by molar-refractivity contribution is 1.46. The maximum absolute atomic E-state index is 5.49. The molecule has 0 spiro atoms. The summed E-state index contributed by atoms with van der Waals surface area (Å²) in [6.07, 6.45) is 0.